The molecule has 1 N–H and O–H groups in total. The number of aromatic nitrogens is 2. The van der Waals surface area contributed by atoms with Gasteiger partial charge >= 0.3 is 5.97 Å². The fourth-order valence-corrected chi connectivity index (χ4v) is 2.42. The molecule has 3 aromatic rings. The standard InChI is InChI=1S/C16H10F2N2O3/c17-11-3-4-12(18)14-13(11)15(21)10(16(22)23)8-20(14)7-9-2-1-5-19-6-9/h1-6,8H,7H2,(H,22,23). The molecule has 7 heteroatoms. The SMILES string of the molecule is O=C(O)c1cn(Cc2cccnc2)c2c(F)ccc(F)c2c1=O. The summed E-state index contributed by atoms with van der Waals surface area (Å²) in [5.74, 6) is -3.27. The molecule has 0 radical (unpaired) electrons. The first kappa shape index (κ1) is 14.8. The molecule has 3 rings (SSSR count). The van der Waals surface area contributed by atoms with Gasteiger partial charge in [0.15, 0.2) is 0 Å². The van der Waals surface area contributed by atoms with Crippen LogP contribution in [0.1, 0.15) is 15.9 Å². The molecule has 0 unspecified atom stereocenters. The Morgan fingerprint density at radius 2 is 1.96 bits per heavy atom. The molecule has 23 heavy (non-hydrogen) atoms. The summed E-state index contributed by atoms with van der Waals surface area (Å²) in [5, 5.41) is 8.56. The Balaban J connectivity index is 2.36. The third-order valence-electron chi connectivity index (χ3n) is 3.43. The van der Waals surface area contributed by atoms with Crippen molar-refractivity contribution in [2.24, 2.45) is 0 Å². The van der Waals surface area contributed by atoms with Gasteiger partial charge in [0.2, 0.25) is 5.43 Å². The van der Waals surface area contributed by atoms with Crippen LogP contribution in [0.5, 0.6) is 0 Å². The fraction of sp³-hybridized carbons (Fsp3) is 0.0625. The van der Waals surface area contributed by atoms with Gasteiger partial charge in [0.1, 0.15) is 17.2 Å². The summed E-state index contributed by atoms with van der Waals surface area (Å²) in [6, 6.07) is 5.07. The number of carboxylic acids is 1. The number of rotatable bonds is 3. The van der Waals surface area contributed by atoms with E-state index in [9.17, 15) is 18.4 Å². The van der Waals surface area contributed by atoms with Gasteiger partial charge < -0.3 is 9.67 Å². The maximum atomic E-state index is 14.2. The second-order valence-corrected chi connectivity index (χ2v) is 4.92. The van der Waals surface area contributed by atoms with Crippen molar-refractivity contribution < 1.29 is 18.7 Å². The molecule has 0 bridgehead atoms. The highest BCUT2D eigenvalue weighted by Crippen LogP contribution is 2.20. The Hall–Kier alpha value is -3.09. The third kappa shape index (κ3) is 2.57. The van der Waals surface area contributed by atoms with Gasteiger partial charge in [0.05, 0.1) is 10.9 Å². The van der Waals surface area contributed by atoms with Crippen LogP contribution in [0.3, 0.4) is 0 Å². The molecule has 0 saturated carbocycles. The van der Waals surface area contributed by atoms with E-state index in [0.29, 0.717) is 5.56 Å². The van der Waals surface area contributed by atoms with Gasteiger partial charge in [-0.05, 0) is 23.8 Å². The molecule has 0 aliphatic carbocycles. The van der Waals surface area contributed by atoms with Crippen LogP contribution in [0.2, 0.25) is 0 Å². The summed E-state index contributed by atoms with van der Waals surface area (Å²) in [4.78, 5) is 27.3. The van der Waals surface area contributed by atoms with Crippen LogP contribution in [0.15, 0.2) is 47.7 Å². The third-order valence-corrected chi connectivity index (χ3v) is 3.43. The van der Waals surface area contributed by atoms with Gasteiger partial charge in [-0.15, -0.1) is 0 Å². The Labute approximate surface area is 128 Å². The normalized spacial score (nSPS) is 10.9. The topological polar surface area (TPSA) is 72.2 Å². The Morgan fingerprint density at radius 3 is 2.61 bits per heavy atom. The van der Waals surface area contributed by atoms with E-state index in [1.807, 2.05) is 0 Å². The first-order valence-electron chi connectivity index (χ1n) is 6.62. The van der Waals surface area contributed by atoms with Crippen molar-refractivity contribution in [3.8, 4) is 0 Å². The molecule has 2 aromatic heterocycles. The zero-order chi connectivity index (χ0) is 16.6. The molecule has 0 aliphatic rings. The number of hydrogen-bond acceptors (Lipinski definition) is 3. The lowest BCUT2D eigenvalue weighted by molar-refractivity contribution is 0.0695. The highest BCUT2D eigenvalue weighted by atomic mass is 19.1. The minimum atomic E-state index is -1.50. The predicted molar refractivity (Wildman–Crippen MR) is 78.4 cm³/mol. The van der Waals surface area contributed by atoms with Crippen LogP contribution in [0, 0.1) is 11.6 Å². The number of aromatic carboxylic acids is 1. The summed E-state index contributed by atoms with van der Waals surface area (Å²) in [6.07, 6.45) is 4.08. The van der Waals surface area contributed by atoms with Crippen molar-refractivity contribution in [2.45, 2.75) is 6.54 Å². The second-order valence-electron chi connectivity index (χ2n) is 4.92. The summed E-state index contributed by atoms with van der Waals surface area (Å²) in [5.41, 5.74) is -1.29. The zero-order valence-corrected chi connectivity index (χ0v) is 11.7. The van der Waals surface area contributed by atoms with E-state index in [0.717, 1.165) is 18.3 Å². The Bertz CT molecular complexity index is 968. The lowest BCUT2D eigenvalue weighted by Gasteiger charge is -2.13. The number of carboxylic acid groups (broad SMARTS) is 1. The van der Waals surface area contributed by atoms with E-state index in [2.05, 4.69) is 4.98 Å². The quantitative estimate of drug-likeness (QED) is 0.805. The van der Waals surface area contributed by atoms with Crippen LogP contribution in [-0.4, -0.2) is 20.6 Å². The van der Waals surface area contributed by atoms with Crippen molar-refractivity contribution in [2.75, 3.05) is 0 Å². The fourth-order valence-electron chi connectivity index (χ4n) is 2.42. The number of benzene rings is 1. The molecule has 5 nitrogen and oxygen atoms in total. The Morgan fingerprint density at radius 1 is 1.22 bits per heavy atom. The van der Waals surface area contributed by atoms with Gasteiger partial charge in [-0.25, -0.2) is 13.6 Å². The molecule has 0 atom stereocenters. The van der Waals surface area contributed by atoms with E-state index in [1.165, 1.54) is 10.8 Å². The van der Waals surface area contributed by atoms with Crippen molar-refractivity contribution in [3.63, 3.8) is 0 Å². The summed E-state index contributed by atoms with van der Waals surface area (Å²) < 4.78 is 29.4. The molecule has 1 aromatic carbocycles. The van der Waals surface area contributed by atoms with E-state index < -0.39 is 34.0 Å². The molecule has 0 fully saturated rings. The highest BCUT2D eigenvalue weighted by molar-refractivity contribution is 5.92. The molecule has 2 heterocycles. The summed E-state index contributed by atoms with van der Waals surface area (Å²) >= 11 is 0. The minimum absolute atomic E-state index is 0.0469. The molecular formula is C16H10F2N2O3. The largest absolute Gasteiger partial charge is 0.477 e. The van der Waals surface area contributed by atoms with Crippen LogP contribution < -0.4 is 5.43 Å². The molecule has 0 spiro atoms. The van der Waals surface area contributed by atoms with Gasteiger partial charge in [0.25, 0.3) is 0 Å². The molecule has 0 amide bonds. The first-order valence-corrected chi connectivity index (χ1v) is 6.62. The zero-order valence-electron chi connectivity index (χ0n) is 11.7. The summed E-state index contributed by atoms with van der Waals surface area (Å²) in [6.45, 7) is 0.0469. The van der Waals surface area contributed by atoms with Crippen LogP contribution in [0.4, 0.5) is 8.78 Å². The highest BCUT2D eigenvalue weighted by Gasteiger charge is 2.20. The average Bonchev–Trinajstić information content (AvgIpc) is 2.53. The Kier molecular flexibility index (Phi) is 3.61. The van der Waals surface area contributed by atoms with E-state index >= 15 is 0 Å². The van der Waals surface area contributed by atoms with Crippen molar-refractivity contribution in [1.82, 2.24) is 9.55 Å². The number of nitrogens with zero attached hydrogens (tertiary/aromatic N) is 2. The lowest BCUT2D eigenvalue weighted by atomic mass is 10.1. The van der Waals surface area contributed by atoms with Crippen LogP contribution in [-0.2, 0) is 6.54 Å². The van der Waals surface area contributed by atoms with Crippen molar-refractivity contribution in [1.29, 1.82) is 0 Å². The maximum Gasteiger partial charge on any atom is 0.341 e. The van der Waals surface area contributed by atoms with E-state index in [4.69, 9.17) is 5.11 Å². The number of hydrogen-bond donors (Lipinski definition) is 1. The second kappa shape index (κ2) is 5.60. The summed E-state index contributed by atoms with van der Waals surface area (Å²) in [7, 11) is 0. The number of carbonyl (C=O) groups is 1. The van der Waals surface area contributed by atoms with Gasteiger partial charge in [-0.3, -0.25) is 9.78 Å². The molecular weight excluding hydrogens is 306 g/mol. The van der Waals surface area contributed by atoms with Gasteiger partial charge in [-0.1, -0.05) is 6.07 Å². The molecule has 0 saturated heterocycles. The minimum Gasteiger partial charge on any atom is -0.477 e. The monoisotopic (exact) mass is 316 g/mol. The van der Waals surface area contributed by atoms with E-state index in [1.54, 1.807) is 18.3 Å². The van der Waals surface area contributed by atoms with Crippen molar-refractivity contribution >= 4 is 16.9 Å². The number of fused-ring (bicyclic) bond motifs is 1. The average molecular weight is 316 g/mol. The predicted octanol–water partition coefficient (Wildman–Crippen LogP) is 2.42. The first-order chi connectivity index (χ1) is 11.0. The smallest absolute Gasteiger partial charge is 0.341 e. The van der Waals surface area contributed by atoms with Crippen LogP contribution >= 0.6 is 0 Å². The van der Waals surface area contributed by atoms with Gasteiger partial charge in [0, 0.05) is 25.1 Å². The maximum absolute atomic E-state index is 14.2. The van der Waals surface area contributed by atoms with Crippen LogP contribution in [0.25, 0.3) is 10.9 Å². The van der Waals surface area contributed by atoms with Crippen molar-refractivity contribution in [3.05, 3.63) is 75.8 Å². The number of pyridine rings is 2. The number of halogens is 2. The molecule has 116 valence electrons. The lowest BCUT2D eigenvalue weighted by Crippen LogP contribution is -2.21. The van der Waals surface area contributed by atoms with E-state index in [-0.39, 0.29) is 12.1 Å². The van der Waals surface area contributed by atoms with Gasteiger partial charge in [-0.2, -0.15) is 0 Å². The molecule has 0 aliphatic heterocycles.